The molecule has 0 aliphatic heterocycles. The minimum absolute atomic E-state index is 0.0994. The van der Waals surface area contributed by atoms with Crippen molar-refractivity contribution in [3.63, 3.8) is 0 Å². The van der Waals surface area contributed by atoms with Gasteiger partial charge in [0, 0.05) is 24.6 Å². The van der Waals surface area contributed by atoms with Gasteiger partial charge in [0.05, 0.1) is 12.1 Å². The molecule has 0 radical (unpaired) electrons. The molecule has 2 unspecified atom stereocenters. The summed E-state index contributed by atoms with van der Waals surface area (Å²) in [4.78, 5) is 24.0. The average Bonchev–Trinajstić information content (AvgIpc) is 2.74. The molecule has 8 heteroatoms. The Balaban J connectivity index is 3.62. The maximum Gasteiger partial charge on any atom is 0.237 e. The van der Waals surface area contributed by atoms with Crippen molar-refractivity contribution in [2.75, 3.05) is 24.6 Å². The summed E-state index contributed by atoms with van der Waals surface area (Å²) in [5.41, 5.74) is 11.9. The third-order valence-corrected chi connectivity index (χ3v) is 7.38. The minimum Gasteiger partial charge on any atom is -0.355 e. The lowest BCUT2D eigenvalue weighted by Crippen LogP contribution is -2.43. The molecule has 0 bridgehead atoms. The number of nitrogens with two attached hydrogens (primary N) is 2. The SMILES string of the molecule is CCCCCCCCNC(=O)C(N)CSSCC(N)C(=O)NCCCCCCCC. The van der Waals surface area contributed by atoms with Gasteiger partial charge in [-0.25, -0.2) is 0 Å². The quantitative estimate of drug-likeness (QED) is 0.152. The van der Waals surface area contributed by atoms with E-state index in [-0.39, 0.29) is 11.8 Å². The molecule has 0 heterocycles. The number of carbonyl (C=O) groups excluding carboxylic acids is 2. The van der Waals surface area contributed by atoms with E-state index in [0.717, 1.165) is 25.7 Å². The van der Waals surface area contributed by atoms with Crippen LogP contribution in [0.15, 0.2) is 0 Å². The van der Waals surface area contributed by atoms with E-state index in [2.05, 4.69) is 24.5 Å². The van der Waals surface area contributed by atoms with Crippen molar-refractivity contribution in [3.05, 3.63) is 0 Å². The van der Waals surface area contributed by atoms with Crippen molar-refractivity contribution in [2.45, 2.75) is 103 Å². The van der Waals surface area contributed by atoms with Gasteiger partial charge in [0.2, 0.25) is 11.8 Å². The van der Waals surface area contributed by atoms with E-state index in [9.17, 15) is 9.59 Å². The van der Waals surface area contributed by atoms with Crippen LogP contribution >= 0.6 is 21.6 Å². The number of nitrogens with one attached hydrogen (secondary N) is 2. The Bertz CT molecular complexity index is 390. The Morgan fingerprint density at radius 3 is 1.33 bits per heavy atom. The normalized spacial score (nSPS) is 13.1. The fourth-order valence-corrected chi connectivity index (χ4v) is 5.14. The number of rotatable bonds is 21. The number of hydrogen-bond donors (Lipinski definition) is 4. The molecule has 0 saturated heterocycles. The summed E-state index contributed by atoms with van der Waals surface area (Å²) in [6, 6.07) is -1.05. The summed E-state index contributed by atoms with van der Waals surface area (Å²) in [7, 11) is 3.00. The molecule has 0 fully saturated rings. The number of unbranched alkanes of at least 4 members (excludes halogenated alkanes) is 10. The molecule has 0 aliphatic carbocycles. The summed E-state index contributed by atoms with van der Waals surface area (Å²) in [5, 5.41) is 5.82. The average molecular weight is 463 g/mol. The Labute approximate surface area is 192 Å². The first kappa shape index (κ1) is 29.6. The summed E-state index contributed by atoms with van der Waals surface area (Å²) >= 11 is 0. The fourth-order valence-electron chi connectivity index (χ4n) is 2.89. The van der Waals surface area contributed by atoms with Crippen LogP contribution in [-0.2, 0) is 9.59 Å². The molecule has 6 nitrogen and oxygen atoms in total. The molecule has 0 aromatic carbocycles. The highest BCUT2D eigenvalue weighted by Crippen LogP contribution is 2.22. The van der Waals surface area contributed by atoms with Crippen molar-refractivity contribution in [1.82, 2.24) is 10.6 Å². The lowest BCUT2D eigenvalue weighted by molar-refractivity contribution is -0.122. The fraction of sp³-hybridized carbons (Fsp3) is 0.909. The highest BCUT2D eigenvalue weighted by Gasteiger charge is 2.16. The summed E-state index contributed by atoms with van der Waals surface area (Å²) < 4.78 is 0. The zero-order valence-corrected chi connectivity index (χ0v) is 20.9. The van der Waals surface area contributed by atoms with E-state index in [4.69, 9.17) is 11.5 Å². The van der Waals surface area contributed by atoms with E-state index >= 15 is 0 Å². The first-order chi connectivity index (χ1) is 14.5. The van der Waals surface area contributed by atoms with E-state index in [1.165, 1.54) is 73.0 Å². The Kier molecular flexibility index (Phi) is 21.5. The van der Waals surface area contributed by atoms with Gasteiger partial charge in [0.1, 0.15) is 0 Å². The van der Waals surface area contributed by atoms with Crippen LogP contribution in [0.1, 0.15) is 90.9 Å². The monoisotopic (exact) mass is 462 g/mol. The van der Waals surface area contributed by atoms with Gasteiger partial charge in [0.25, 0.3) is 0 Å². The smallest absolute Gasteiger partial charge is 0.237 e. The molecular weight excluding hydrogens is 416 g/mol. The van der Waals surface area contributed by atoms with Crippen molar-refractivity contribution in [2.24, 2.45) is 11.5 Å². The zero-order chi connectivity index (χ0) is 22.5. The maximum atomic E-state index is 12.0. The Morgan fingerprint density at radius 1 is 0.633 bits per heavy atom. The molecule has 0 aliphatic rings. The molecule has 2 atom stereocenters. The first-order valence-electron chi connectivity index (χ1n) is 11.8. The van der Waals surface area contributed by atoms with Gasteiger partial charge >= 0.3 is 0 Å². The van der Waals surface area contributed by atoms with Gasteiger partial charge < -0.3 is 22.1 Å². The second-order valence-electron chi connectivity index (χ2n) is 7.90. The third-order valence-electron chi connectivity index (χ3n) is 4.91. The highest BCUT2D eigenvalue weighted by atomic mass is 33.1. The van der Waals surface area contributed by atoms with Crippen molar-refractivity contribution in [1.29, 1.82) is 0 Å². The standard InChI is InChI=1S/C22H46N4O2S2/c1-3-5-7-9-11-13-15-25-21(27)19(23)17-29-30-18-20(24)22(28)26-16-14-12-10-8-6-4-2/h19-20H,3-18,23-24H2,1-2H3,(H,25,27)(H,26,28). The predicted molar refractivity (Wildman–Crippen MR) is 134 cm³/mol. The molecule has 0 aromatic heterocycles. The van der Waals surface area contributed by atoms with Gasteiger partial charge in [-0.3, -0.25) is 9.59 Å². The van der Waals surface area contributed by atoms with Crippen LogP contribution in [0, 0.1) is 0 Å². The van der Waals surface area contributed by atoms with Gasteiger partial charge in [-0.05, 0) is 12.8 Å². The second kappa shape index (κ2) is 21.8. The lowest BCUT2D eigenvalue weighted by atomic mass is 10.1. The Hall–Kier alpha value is -0.440. The van der Waals surface area contributed by atoms with Gasteiger partial charge in [-0.1, -0.05) is 99.6 Å². The van der Waals surface area contributed by atoms with Crippen molar-refractivity contribution >= 4 is 33.4 Å². The molecule has 178 valence electrons. The third kappa shape index (κ3) is 18.3. The van der Waals surface area contributed by atoms with Crippen LogP contribution < -0.4 is 22.1 Å². The van der Waals surface area contributed by atoms with Crippen LogP contribution in [0.3, 0.4) is 0 Å². The molecular formula is C22H46N4O2S2. The van der Waals surface area contributed by atoms with Crippen LogP contribution in [0.25, 0.3) is 0 Å². The number of amides is 2. The van der Waals surface area contributed by atoms with Gasteiger partial charge in [-0.15, -0.1) is 0 Å². The van der Waals surface area contributed by atoms with Crippen molar-refractivity contribution in [3.8, 4) is 0 Å². The molecule has 0 rings (SSSR count). The van der Waals surface area contributed by atoms with E-state index in [1.807, 2.05) is 0 Å². The molecule has 30 heavy (non-hydrogen) atoms. The topological polar surface area (TPSA) is 110 Å². The van der Waals surface area contributed by atoms with Gasteiger partial charge in [0.15, 0.2) is 0 Å². The molecule has 0 aromatic rings. The van der Waals surface area contributed by atoms with E-state index in [0.29, 0.717) is 24.6 Å². The maximum absolute atomic E-state index is 12.0. The van der Waals surface area contributed by atoms with Gasteiger partial charge in [-0.2, -0.15) is 0 Å². The first-order valence-corrected chi connectivity index (χ1v) is 14.3. The zero-order valence-electron chi connectivity index (χ0n) is 19.3. The van der Waals surface area contributed by atoms with Crippen LogP contribution in [0.5, 0.6) is 0 Å². The van der Waals surface area contributed by atoms with E-state index in [1.54, 1.807) is 0 Å². The summed E-state index contributed by atoms with van der Waals surface area (Å²) in [6.07, 6.45) is 14.4. The van der Waals surface area contributed by atoms with Crippen LogP contribution in [0.2, 0.25) is 0 Å². The molecule has 0 saturated carbocycles. The largest absolute Gasteiger partial charge is 0.355 e. The van der Waals surface area contributed by atoms with Crippen LogP contribution in [-0.4, -0.2) is 48.5 Å². The molecule has 2 amide bonds. The Morgan fingerprint density at radius 2 is 0.967 bits per heavy atom. The van der Waals surface area contributed by atoms with Crippen molar-refractivity contribution < 1.29 is 9.59 Å². The number of hydrogen-bond acceptors (Lipinski definition) is 6. The predicted octanol–water partition coefficient (Wildman–Crippen LogP) is 3.98. The number of carbonyl (C=O) groups is 2. The molecule has 0 spiro atoms. The minimum atomic E-state index is -0.527. The highest BCUT2D eigenvalue weighted by molar-refractivity contribution is 8.76. The molecule has 6 N–H and O–H groups in total. The van der Waals surface area contributed by atoms with Crippen LogP contribution in [0.4, 0.5) is 0 Å². The lowest BCUT2D eigenvalue weighted by Gasteiger charge is -2.13. The van der Waals surface area contributed by atoms with E-state index < -0.39 is 12.1 Å². The summed E-state index contributed by atoms with van der Waals surface area (Å²) in [5.74, 6) is 0.827. The second-order valence-corrected chi connectivity index (χ2v) is 10.5. The summed E-state index contributed by atoms with van der Waals surface area (Å²) in [6.45, 7) is 5.80.